The number of halogens is 1. The molecule has 0 fully saturated rings. The van der Waals surface area contributed by atoms with E-state index >= 15 is 0 Å². The summed E-state index contributed by atoms with van der Waals surface area (Å²) in [5, 5.41) is 19.4. The zero-order valence-corrected chi connectivity index (χ0v) is 21.1. The number of amides is 3. The van der Waals surface area contributed by atoms with Gasteiger partial charge in [-0.3, -0.25) is 4.79 Å². The zero-order valence-electron chi connectivity index (χ0n) is 21.1. The number of carbonyl (C=O) groups excluding carboxylic acids is 2. The van der Waals surface area contributed by atoms with Crippen molar-refractivity contribution in [2.45, 2.75) is 13.8 Å². The van der Waals surface area contributed by atoms with Crippen molar-refractivity contribution in [1.29, 1.82) is 5.26 Å². The molecule has 0 bridgehead atoms. The average Bonchev–Trinajstić information content (AvgIpc) is 3.32. The van der Waals surface area contributed by atoms with Gasteiger partial charge in [-0.15, -0.1) is 0 Å². The Morgan fingerprint density at radius 1 is 1.00 bits per heavy atom. The summed E-state index contributed by atoms with van der Waals surface area (Å²) in [6, 6.07) is 25.1. The van der Waals surface area contributed by atoms with Crippen LogP contribution in [-0.2, 0) is 4.79 Å². The number of benzene rings is 3. The molecule has 0 atom stereocenters. The van der Waals surface area contributed by atoms with Gasteiger partial charge in [-0.25, -0.2) is 13.9 Å². The second-order valence-electron chi connectivity index (χ2n) is 9.11. The van der Waals surface area contributed by atoms with Gasteiger partial charge in [-0.2, -0.15) is 10.4 Å². The van der Waals surface area contributed by atoms with Gasteiger partial charge in [0.05, 0.1) is 23.0 Å². The van der Waals surface area contributed by atoms with E-state index in [9.17, 15) is 14.0 Å². The first-order valence-electron chi connectivity index (χ1n) is 12.1. The van der Waals surface area contributed by atoms with Gasteiger partial charge in [0.1, 0.15) is 18.2 Å². The molecule has 0 aliphatic carbocycles. The molecule has 0 spiro atoms. The van der Waals surface area contributed by atoms with Crippen LogP contribution in [0, 0.1) is 23.1 Å². The molecule has 38 heavy (non-hydrogen) atoms. The van der Waals surface area contributed by atoms with Crippen LogP contribution in [0.5, 0.6) is 0 Å². The van der Waals surface area contributed by atoms with Crippen molar-refractivity contribution < 1.29 is 14.0 Å². The lowest BCUT2D eigenvalue weighted by atomic mass is 10.1. The van der Waals surface area contributed by atoms with Gasteiger partial charge in [0, 0.05) is 23.9 Å². The molecule has 4 aromatic rings. The molecule has 0 aliphatic rings. The lowest BCUT2D eigenvalue weighted by Crippen LogP contribution is -2.42. The Kier molecular flexibility index (Phi) is 8.14. The highest BCUT2D eigenvalue weighted by molar-refractivity contribution is 5.97. The van der Waals surface area contributed by atoms with E-state index < -0.39 is 11.9 Å². The zero-order chi connectivity index (χ0) is 27.1. The van der Waals surface area contributed by atoms with E-state index in [1.165, 1.54) is 21.7 Å². The number of nitrogens with one attached hydrogen (secondary N) is 2. The lowest BCUT2D eigenvalue weighted by Gasteiger charge is -2.24. The van der Waals surface area contributed by atoms with Gasteiger partial charge in [-0.05, 0) is 48.4 Å². The van der Waals surface area contributed by atoms with Gasteiger partial charge in [0.2, 0.25) is 5.91 Å². The van der Waals surface area contributed by atoms with E-state index in [2.05, 4.69) is 15.7 Å². The monoisotopic (exact) mass is 510 g/mol. The highest BCUT2D eigenvalue weighted by Gasteiger charge is 2.21. The van der Waals surface area contributed by atoms with Crippen LogP contribution < -0.4 is 10.6 Å². The van der Waals surface area contributed by atoms with E-state index in [0.29, 0.717) is 35.0 Å². The molecule has 0 unspecified atom stereocenters. The van der Waals surface area contributed by atoms with Crippen molar-refractivity contribution in [3.63, 3.8) is 0 Å². The van der Waals surface area contributed by atoms with Crippen LogP contribution in [0.15, 0.2) is 84.9 Å². The molecular weight excluding hydrogens is 483 g/mol. The van der Waals surface area contributed by atoms with Gasteiger partial charge in [-0.1, -0.05) is 50.2 Å². The summed E-state index contributed by atoms with van der Waals surface area (Å²) >= 11 is 0. The third-order valence-corrected chi connectivity index (χ3v) is 5.57. The predicted octanol–water partition coefficient (Wildman–Crippen LogP) is 5.68. The molecule has 1 heterocycles. The lowest BCUT2D eigenvalue weighted by molar-refractivity contribution is -0.116. The normalized spacial score (nSPS) is 10.6. The fraction of sp³-hybridized carbons (Fsp3) is 0.172. The van der Waals surface area contributed by atoms with E-state index in [1.807, 2.05) is 50.2 Å². The fourth-order valence-electron chi connectivity index (χ4n) is 3.88. The van der Waals surface area contributed by atoms with Crippen molar-refractivity contribution in [2.24, 2.45) is 5.92 Å². The predicted molar refractivity (Wildman–Crippen MR) is 144 cm³/mol. The Hall–Kier alpha value is -4.97. The Bertz CT molecular complexity index is 1460. The van der Waals surface area contributed by atoms with Crippen LogP contribution in [0.2, 0.25) is 0 Å². The van der Waals surface area contributed by atoms with Gasteiger partial charge < -0.3 is 15.5 Å². The first-order chi connectivity index (χ1) is 18.3. The smallest absolute Gasteiger partial charge is 0.315 e. The number of hydrogen-bond acceptors (Lipinski definition) is 4. The van der Waals surface area contributed by atoms with E-state index in [4.69, 9.17) is 5.26 Å². The SMILES string of the molecule is CC(C)CN(CC(=O)Nc1cc(-c2ccccc2)nn1-c1ccc(F)cc1)C(=O)Nc1cccc(C#N)c1. The van der Waals surface area contributed by atoms with Crippen LogP contribution in [0.4, 0.5) is 20.7 Å². The number of carbonyl (C=O) groups is 2. The molecule has 0 saturated carbocycles. The van der Waals surface area contributed by atoms with Gasteiger partial charge in [0.25, 0.3) is 0 Å². The topological polar surface area (TPSA) is 103 Å². The largest absolute Gasteiger partial charge is 0.322 e. The van der Waals surface area contributed by atoms with Crippen LogP contribution >= 0.6 is 0 Å². The minimum absolute atomic E-state index is 0.105. The second-order valence-corrected chi connectivity index (χ2v) is 9.11. The van der Waals surface area contributed by atoms with Crippen LogP contribution in [-0.4, -0.2) is 39.7 Å². The van der Waals surface area contributed by atoms with Crippen molar-refractivity contribution in [2.75, 3.05) is 23.7 Å². The second kappa shape index (κ2) is 11.8. The van der Waals surface area contributed by atoms with E-state index in [0.717, 1.165) is 5.56 Å². The molecule has 8 nitrogen and oxygen atoms in total. The molecule has 3 amide bonds. The Labute approximate surface area is 220 Å². The van der Waals surface area contributed by atoms with E-state index in [-0.39, 0.29) is 18.3 Å². The maximum atomic E-state index is 13.5. The maximum absolute atomic E-state index is 13.5. The summed E-state index contributed by atoms with van der Waals surface area (Å²) < 4.78 is 15.1. The highest BCUT2D eigenvalue weighted by atomic mass is 19.1. The molecule has 9 heteroatoms. The van der Waals surface area contributed by atoms with Crippen molar-refractivity contribution in [1.82, 2.24) is 14.7 Å². The number of nitriles is 1. The molecule has 1 aromatic heterocycles. The number of urea groups is 1. The molecule has 0 aliphatic heterocycles. The highest BCUT2D eigenvalue weighted by Crippen LogP contribution is 2.25. The average molecular weight is 511 g/mol. The first kappa shape index (κ1) is 26.1. The summed E-state index contributed by atoms with van der Waals surface area (Å²) in [7, 11) is 0. The minimum atomic E-state index is -0.457. The number of hydrogen-bond donors (Lipinski definition) is 2. The summed E-state index contributed by atoms with van der Waals surface area (Å²) in [6.45, 7) is 4.02. The fourth-order valence-corrected chi connectivity index (χ4v) is 3.88. The summed E-state index contributed by atoms with van der Waals surface area (Å²) in [4.78, 5) is 27.6. The number of aromatic nitrogens is 2. The number of rotatable bonds is 8. The van der Waals surface area contributed by atoms with Gasteiger partial charge >= 0.3 is 6.03 Å². The quantitative estimate of drug-likeness (QED) is 0.318. The molecular formula is C29H27FN6O2. The van der Waals surface area contributed by atoms with Crippen LogP contribution in [0.1, 0.15) is 19.4 Å². The summed E-state index contributed by atoms with van der Waals surface area (Å²) in [5.41, 5.74) is 2.92. The number of anilines is 2. The Morgan fingerprint density at radius 2 is 1.74 bits per heavy atom. The molecule has 0 saturated heterocycles. The van der Waals surface area contributed by atoms with E-state index in [1.54, 1.807) is 42.5 Å². The van der Waals surface area contributed by atoms with Crippen molar-refractivity contribution in [3.05, 3.63) is 96.3 Å². The molecule has 4 rings (SSSR count). The Balaban J connectivity index is 1.56. The Morgan fingerprint density at radius 3 is 2.42 bits per heavy atom. The summed E-state index contributed by atoms with van der Waals surface area (Å²) in [5.74, 6) is -0.319. The standard InChI is InChI=1S/C29H27FN6O2/c1-20(2)18-35(29(38)32-24-10-6-7-21(15-24)17-31)19-28(37)33-27-16-26(22-8-4-3-5-9-22)34-36(27)25-13-11-23(30)12-14-25/h3-16,20H,18-19H2,1-2H3,(H,32,38)(H,33,37). The molecule has 2 N–H and O–H groups in total. The first-order valence-corrected chi connectivity index (χ1v) is 12.1. The maximum Gasteiger partial charge on any atom is 0.322 e. The van der Waals surface area contributed by atoms with Crippen molar-refractivity contribution in [3.8, 4) is 23.0 Å². The third kappa shape index (κ3) is 6.62. The third-order valence-electron chi connectivity index (χ3n) is 5.57. The number of nitrogens with zero attached hydrogens (tertiary/aromatic N) is 4. The van der Waals surface area contributed by atoms with Crippen LogP contribution in [0.3, 0.4) is 0 Å². The van der Waals surface area contributed by atoms with Crippen LogP contribution in [0.25, 0.3) is 16.9 Å². The summed E-state index contributed by atoms with van der Waals surface area (Å²) in [6.07, 6.45) is 0. The molecule has 0 radical (unpaired) electrons. The minimum Gasteiger partial charge on any atom is -0.315 e. The van der Waals surface area contributed by atoms with Gasteiger partial charge in [0.15, 0.2) is 0 Å². The van der Waals surface area contributed by atoms with Crippen molar-refractivity contribution >= 4 is 23.4 Å². The molecule has 3 aromatic carbocycles. The molecule has 192 valence electrons.